The van der Waals surface area contributed by atoms with Crippen LogP contribution < -0.4 is 30.1 Å². The molecular formula is C33H31N3O6S. The Hall–Kier alpha value is -4.96. The van der Waals surface area contributed by atoms with Crippen LogP contribution in [0.15, 0.2) is 94.2 Å². The summed E-state index contributed by atoms with van der Waals surface area (Å²) in [4.78, 5) is 44.2. The molecule has 0 saturated carbocycles. The number of nitrogens with zero attached hydrogens (tertiary/aromatic N) is 2. The molecule has 2 N–H and O–H groups in total. The minimum absolute atomic E-state index is 0.161. The van der Waals surface area contributed by atoms with Crippen LogP contribution in [0.4, 0.5) is 0 Å². The van der Waals surface area contributed by atoms with Gasteiger partial charge >= 0.3 is 5.97 Å². The number of fused-ring (bicyclic) bond motifs is 1. The third-order valence-corrected chi connectivity index (χ3v) is 7.59. The molecule has 0 spiro atoms. The molecule has 1 aromatic heterocycles. The average molecular weight is 598 g/mol. The summed E-state index contributed by atoms with van der Waals surface area (Å²) in [5.41, 5.74) is 7.69. The van der Waals surface area contributed by atoms with Crippen molar-refractivity contribution in [2.75, 3.05) is 19.8 Å². The highest BCUT2D eigenvalue weighted by atomic mass is 32.1. The molecule has 1 atom stereocenters. The molecule has 220 valence electrons. The number of nitrogens with two attached hydrogens (primary N) is 1. The average Bonchev–Trinajstić information content (AvgIpc) is 3.33. The molecular weight excluding hydrogens is 566 g/mol. The van der Waals surface area contributed by atoms with E-state index in [0.717, 1.165) is 17.5 Å². The van der Waals surface area contributed by atoms with E-state index in [1.807, 2.05) is 61.5 Å². The van der Waals surface area contributed by atoms with E-state index >= 15 is 0 Å². The lowest BCUT2D eigenvalue weighted by Crippen LogP contribution is -2.40. The highest BCUT2D eigenvalue weighted by Crippen LogP contribution is 2.38. The number of benzene rings is 3. The lowest BCUT2D eigenvalue weighted by Gasteiger charge is -2.27. The summed E-state index contributed by atoms with van der Waals surface area (Å²) in [5, 5.41) is 0. The summed E-state index contributed by atoms with van der Waals surface area (Å²) in [7, 11) is 0. The zero-order chi connectivity index (χ0) is 30.3. The van der Waals surface area contributed by atoms with Gasteiger partial charge in [0.25, 0.3) is 11.5 Å². The Morgan fingerprint density at radius 1 is 0.977 bits per heavy atom. The molecule has 1 amide bonds. The monoisotopic (exact) mass is 597 g/mol. The number of rotatable bonds is 11. The topological polar surface area (TPSA) is 122 Å². The maximum Gasteiger partial charge on any atom is 0.338 e. The van der Waals surface area contributed by atoms with Gasteiger partial charge in [-0.1, -0.05) is 78.9 Å². The van der Waals surface area contributed by atoms with Crippen molar-refractivity contribution in [3.8, 4) is 11.5 Å². The zero-order valence-corrected chi connectivity index (χ0v) is 24.6. The molecule has 3 aromatic carbocycles. The number of amides is 1. The summed E-state index contributed by atoms with van der Waals surface area (Å²) in [6.07, 6.45) is 2.55. The van der Waals surface area contributed by atoms with Crippen LogP contribution in [0.5, 0.6) is 11.5 Å². The first-order chi connectivity index (χ1) is 20.9. The largest absolute Gasteiger partial charge is 0.493 e. The van der Waals surface area contributed by atoms with E-state index in [-0.39, 0.29) is 24.3 Å². The Labute approximate surface area is 252 Å². The number of carbonyl (C=O) groups excluding carboxylic acids is 2. The Kier molecular flexibility index (Phi) is 9.17. The van der Waals surface area contributed by atoms with Crippen LogP contribution in [-0.4, -0.2) is 36.3 Å². The van der Waals surface area contributed by atoms with Crippen LogP contribution in [0.1, 0.15) is 43.0 Å². The molecule has 43 heavy (non-hydrogen) atoms. The molecule has 0 saturated heterocycles. The lowest BCUT2D eigenvalue weighted by molar-refractivity contribution is -0.138. The first kappa shape index (κ1) is 29.5. The quantitative estimate of drug-likeness (QED) is 0.264. The van der Waals surface area contributed by atoms with Crippen LogP contribution in [0, 0.1) is 0 Å². The van der Waals surface area contributed by atoms with Gasteiger partial charge in [0.2, 0.25) is 0 Å². The van der Waals surface area contributed by atoms with Crippen LogP contribution >= 0.6 is 11.3 Å². The van der Waals surface area contributed by atoms with E-state index in [1.165, 1.54) is 11.3 Å². The van der Waals surface area contributed by atoms with E-state index in [2.05, 4.69) is 0 Å². The minimum Gasteiger partial charge on any atom is -0.493 e. The van der Waals surface area contributed by atoms with Gasteiger partial charge < -0.3 is 19.9 Å². The third-order valence-electron chi connectivity index (χ3n) is 6.61. The molecule has 1 aliphatic heterocycles. The molecule has 0 radical (unpaired) electrons. The van der Waals surface area contributed by atoms with Gasteiger partial charge in [-0.15, -0.1) is 0 Å². The predicted molar refractivity (Wildman–Crippen MR) is 164 cm³/mol. The van der Waals surface area contributed by atoms with E-state index in [9.17, 15) is 14.4 Å². The third kappa shape index (κ3) is 6.44. The van der Waals surface area contributed by atoms with Crippen molar-refractivity contribution >= 4 is 35.0 Å². The van der Waals surface area contributed by atoms with E-state index < -0.39 is 17.9 Å². The summed E-state index contributed by atoms with van der Waals surface area (Å²) in [6, 6.07) is 22.9. The lowest BCUT2D eigenvalue weighted by atomic mass is 9.92. The van der Waals surface area contributed by atoms with Crippen molar-refractivity contribution in [2.45, 2.75) is 26.3 Å². The number of aromatic nitrogens is 1. The predicted octanol–water partition coefficient (Wildman–Crippen LogP) is 3.59. The maximum absolute atomic E-state index is 14.1. The van der Waals surface area contributed by atoms with Crippen LogP contribution in [0.2, 0.25) is 0 Å². The Balaban J connectivity index is 1.73. The van der Waals surface area contributed by atoms with Crippen LogP contribution in [0.3, 0.4) is 0 Å². The highest BCUT2D eigenvalue weighted by molar-refractivity contribution is 7.07. The maximum atomic E-state index is 14.1. The second-order valence-electron chi connectivity index (χ2n) is 9.64. The molecule has 1 unspecified atom stereocenters. The Morgan fingerprint density at radius 3 is 2.40 bits per heavy atom. The second-order valence-corrected chi connectivity index (χ2v) is 10.7. The molecule has 9 nitrogen and oxygen atoms in total. The first-order valence-electron chi connectivity index (χ1n) is 13.9. The van der Waals surface area contributed by atoms with Crippen molar-refractivity contribution in [3.63, 3.8) is 0 Å². The number of ether oxygens (including phenoxy) is 3. The normalized spacial score (nSPS) is 14.6. The fourth-order valence-corrected chi connectivity index (χ4v) is 5.75. The fraction of sp³-hybridized carbons (Fsp3) is 0.212. The number of thiazole rings is 1. The van der Waals surface area contributed by atoms with E-state index in [4.69, 9.17) is 24.9 Å². The van der Waals surface area contributed by atoms with Gasteiger partial charge in [-0.25, -0.2) is 9.79 Å². The van der Waals surface area contributed by atoms with Gasteiger partial charge in [-0.3, -0.25) is 14.2 Å². The van der Waals surface area contributed by atoms with Crippen molar-refractivity contribution in [3.05, 3.63) is 121 Å². The van der Waals surface area contributed by atoms with Crippen molar-refractivity contribution in [1.82, 2.24) is 4.57 Å². The Bertz CT molecular complexity index is 1840. The van der Waals surface area contributed by atoms with E-state index in [1.54, 1.807) is 41.8 Å². The van der Waals surface area contributed by atoms with Crippen LogP contribution in [-0.2, 0) is 14.3 Å². The van der Waals surface area contributed by atoms with Gasteiger partial charge in [0.1, 0.15) is 17.5 Å². The van der Waals surface area contributed by atoms with Crippen molar-refractivity contribution < 1.29 is 23.8 Å². The summed E-state index contributed by atoms with van der Waals surface area (Å²) < 4.78 is 19.0. The summed E-state index contributed by atoms with van der Waals surface area (Å²) >= 11 is 1.23. The molecule has 2 heterocycles. The number of para-hydroxylation sites is 1. The van der Waals surface area contributed by atoms with Crippen molar-refractivity contribution in [1.29, 1.82) is 0 Å². The molecule has 5 rings (SSSR count). The summed E-state index contributed by atoms with van der Waals surface area (Å²) in [5.74, 6) is -0.0704. The number of hydrogen-bond donors (Lipinski definition) is 1. The van der Waals surface area contributed by atoms with Crippen molar-refractivity contribution in [2.24, 2.45) is 10.7 Å². The van der Waals surface area contributed by atoms with Gasteiger partial charge in [-0.2, -0.15) is 0 Å². The highest BCUT2D eigenvalue weighted by Gasteiger charge is 2.36. The number of primary amides is 1. The first-order valence-corrected chi connectivity index (χ1v) is 14.7. The number of hydrogen-bond acceptors (Lipinski definition) is 8. The van der Waals surface area contributed by atoms with Gasteiger partial charge in [-0.05, 0) is 43.2 Å². The smallest absolute Gasteiger partial charge is 0.338 e. The molecule has 1 aliphatic rings. The standard InChI is InChI=1S/C33H31N3O6S/c1-3-18-41-25-13-9-8-12-24(25)30-28(32(39)40-4-2)29(22-10-6-5-7-11-22)35-33-36(30)31(38)26(43-33)19-21-14-16-23(17-15-21)42-20-27(34)37/h5-17,19,30H,3-4,18,20H2,1-2H3,(H2,34,37)/b26-19+. The molecule has 0 bridgehead atoms. The number of carbonyl (C=O) groups is 2. The minimum atomic E-state index is -0.842. The second kappa shape index (κ2) is 13.3. The number of esters is 1. The Morgan fingerprint density at radius 2 is 1.70 bits per heavy atom. The fourth-order valence-electron chi connectivity index (χ4n) is 4.75. The van der Waals surface area contributed by atoms with Gasteiger partial charge in [0.15, 0.2) is 11.4 Å². The molecule has 10 heteroatoms. The molecule has 4 aromatic rings. The van der Waals surface area contributed by atoms with E-state index in [0.29, 0.717) is 38.7 Å². The summed E-state index contributed by atoms with van der Waals surface area (Å²) in [6.45, 7) is 4.16. The zero-order valence-electron chi connectivity index (χ0n) is 23.8. The van der Waals surface area contributed by atoms with Gasteiger partial charge in [0.05, 0.1) is 29.0 Å². The van der Waals surface area contributed by atoms with Gasteiger partial charge in [0, 0.05) is 11.1 Å². The SMILES string of the molecule is CCCOc1ccccc1C1C(C(=O)OCC)=C(c2ccccc2)N=c2s/c(=C/c3ccc(OCC(N)=O)cc3)c(=O)n21. The molecule has 0 fully saturated rings. The molecule has 0 aliphatic carbocycles. The van der Waals surface area contributed by atoms with Crippen LogP contribution in [0.25, 0.3) is 11.8 Å².